The van der Waals surface area contributed by atoms with Gasteiger partial charge in [0.15, 0.2) is 0 Å². The highest BCUT2D eigenvalue weighted by molar-refractivity contribution is 5.20. The van der Waals surface area contributed by atoms with Crippen molar-refractivity contribution in [1.82, 2.24) is 9.80 Å². The van der Waals surface area contributed by atoms with Crippen molar-refractivity contribution in [3.05, 3.63) is 35.9 Å². The maximum atomic E-state index is 12.8. The first-order chi connectivity index (χ1) is 9.53. The third kappa shape index (κ3) is 2.99. The highest BCUT2D eigenvalue weighted by atomic mass is 19.4. The smallest absolute Gasteiger partial charge is 0.297 e. The number of hydrogen-bond donors (Lipinski definition) is 0. The van der Waals surface area contributed by atoms with Crippen LogP contribution in [0.4, 0.5) is 13.2 Å². The summed E-state index contributed by atoms with van der Waals surface area (Å²) in [5.74, 6) is 0. The Bertz CT molecular complexity index is 446. The molecule has 2 aliphatic rings. The van der Waals surface area contributed by atoms with E-state index in [1.165, 1.54) is 0 Å². The molecule has 20 heavy (non-hydrogen) atoms. The molecule has 0 radical (unpaired) electrons. The van der Waals surface area contributed by atoms with Crippen LogP contribution in [0.2, 0.25) is 0 Å². The van der Waals surface area contributed by atoms with Gasteiger partial charge in [-0.25, -0.2) is 0 Å². The van der Waals surface area contributed by atoms with Gasteiger partial charge in [-0.2, -0.15) is 13.2 Å². The van der Waals surface area contributed by atoms with Gasteiger partial charge in [0.05, 0.1) is 6.54 Å². The van der Waals surface area contributed by atoms with Gasteiger partial charge >= 0.3 is 6.18 Å². The Morgan fingerprint density at radius 2 is 1.85 bits per heavy atom. The Hall–Kier alpha value is -1.07. The molecular weight excluding hydrogens is 265 g/mol. The van der Waals surface area contributed by atoms with Crippen molar-refractivity contribution in [2.45, 2.75) is 31.1 Å². The highest BCUT2D eigenvalue weighted by Gasteiger charge is 2.41. The second-order valence-corrected chi connectivity index (χ2v) is 5.76. The molecule has 2 unspecified atom stereocenters. The molecule has 0 aliphatic carbocycles. The first-order valence-corrected chi connectivity index (χ1v) is 7.13. The predicted octanol–water partition coefficient (Wildman–Crippen LogP) is 3.07. The minimum absolute atomic E-state index is 0.146. The lowest BCUT2D eigenvalue weighted by molar-refractivity contribution is -0.158. The van der Waals surface area contributed by atoms with Gasteiger partial charge in [-0.05, 0) is 24.9 Å². The van der Waals surface area contributed by atoms with Crippen LogP contribution in [-0.4, -0.2) is 48.2 Å². The quantitative estimate of drug-likeness (QED) is 0.823. The summed E-state index contributed by atoms with van der Waals surface area (Å²) >= 11 is 0. The molecule has 2 fully saturated rings. The molecule has 2 saturated heterocycles. The molecule has 0 saturated carbocycles. The maximum Gasteiger partial charge on any atom is 0.401 e. The summed E-state index contributed by atoms with van der Waals surface area (Å²) in [6.45, 7) is 1.45. The molecule has 1 aromatic rings. The number of rotatable bonds is 2. The van der Waals surface area contributed by atoms with Crippen LogP contribution in [0.5, 0.6) is 0 Å². The fourth-order valence-corrected chi connectivity index (χ4v) is 3.47. The number of nitrogens with zero attached hydrogens (tertiary/aromatic N) is 2. The van der Waals surface area contributed by atoms with Crippen molar-refractivity contribution < 1.29 is 13.2 Å². The van der Waals surface area contributed by atoms with Crippen LogP contribution in [0.25, 0.3) is 0 Å². The van der Waals surface area contributed by atoms with E-state index in [-0.39, 0.29) is 6.04 Å². The van der Waals surface area contributed by atoms with Gasteiger partial charge in [-0.3, -0.25) is 9.80 Å². The first-order valence-electron chi connectivity index (χ1n) is 7.13. The van der Waals surface area contributed by atoms with Gasteiger partial charge in [0.25, 0.3) is 0 Å². The molecular formula is C15H19F3N2. The molecule has 0 bridgehead atoms. The highest BCUT2D eigenvalue weighted by Crippen LogP contribution is 2.34. The van der Waals surface area contributed by atoms with E-state index in [0.717, 1.165) is 24.9 Å². The van der Waals surface area contributed by atoms with E-state index in [1.54, 1.807) is 4.90 Å². The third-order valence-electron chi connectivity index (χ3n) is 4.36. The molecule has 2 aliphatic heterocycles. The van der Waals surface area contributed by atoms with E-state index in [2.05, 4.69) is 4.90 Å². The van der Waals surface area contributed by atoms with Crippen molar-refractivity contribution in [2.24, 2.45) is 0 Å². The molecule has 3 rings (SSSR count). The number of hydrogen-bond acceptors (Lipinski definition) is 2. The summed E-state index contributed by atoms with van der Waals surface area (Å²) in [6.07, 6.45) is -2.00. The van der Waals surface area contributed by atoms with E-state index in [1.807, 2.05) is 30.3 Å². The summed E-state index contributed by atoms with van der Waals surface area (Å²) in [5.41, 5.74) is 0.988. The van der Waals surface area contributed by atoms with Gasteiger partial charge in [0.1, 0.15) is 0 Å². The van der Waals surface area contributed by atoms with E-state index in [4.69, 9.17) is 0 Å². The summed E-state index contributed by atoms with van der Waals surface area (Å²) in [5, 5.41) is 0. The fraction of sp³-hybridized carbons (Fsp3) is 0.600. The average Bonchev–Trinajstić information content (AvgIpc) is 2.84. The normalized spacial score (nSPS) is 28.6. The summed E-state index contributed by atoms with van der Waals surface area (Å²) < 4.78 is 38.5. The minimum atomic E-state index is -4.13. The van der Waals surface area contributed by atoms with Gasteiger partial charge in [-0.15, -0.1) is 0 Å². The summed E-state index contributed by atoms with van der Waals surface area (Å²) in [7, 11) is 0. The largest absolute Gasteiger partial charge is 0.401 e. The molecule has 5 heteroatoms. The molecule has 0 spiro atoms. The van der Waals surface area contributed by atoms with Crippen LogP contribution in [0.15, 0.2) is 30.3 Å². The molecule has 2 atom stereocenters. The van der Waals surface area contributed by atoms with E-state index < -0.39 is 12.7 Å². The zero-order chi connectivity index (χ0) is 14.2. The second-order valence-electron chi connectivity index (χ2n) is 5.76. The molecule has 2 heterocycles. The van der Waals surface area contributed by atoms with Gasteiger partial charge in [0, 0.05) is 25.2 Å². The third-order valence-corrected chi connectivity index (χ3v) is 4.36. The topological polar surface area (TPSA) is 6.48 Å². The molecule has 110 valence electrons. The monoisotopic (exact) mass is 284 g/mol. The maximum absolute atomic E-state index is 12.8. The number of alkyl halides is 3. The van der Waals surface area contributed by atoms with E-state index in [9.17, 15) is 13.2 Å². The summed E-state index contributed by atoms with van der Waals surface area (Å²) in [6, 6.07) is 9.73. The molecule has 1 aromatic carbocycles. The van der Waals surface area contributed by atoms with Crippen molar-refractivity contribution in [2.75, 3.05) is 26.2 Å². The number of fused-ring (bicyclic) bond motifs is 1. The van der Waals surface area contributed by atoms with Crippen molar-refractivity contribution in [3.63, 3.8) is 0 Å². The Labute approximate surface area is 117 Å². The van der Waals surface area contributed by atoms with Gasteiger partial charge in [0.2, 0.25) is 0 Å². The van der Waals surface area contributed by atoms with Crippen molar-refractivity contribution in [3.8, 4) is 0 Å². The van der Waals surface area contributed by atoms with Crippen LogP contribution in [0, 0.1) is 0 Å². The van der Waals surface area contributed by atoms with Gasteiger partial charge in [-0.1, -0.05) is 30.3 Å². The lowest BCUT2D eigenvalue weighted by Crippen LogP contribution is -2.53. The standard InChI is InChI=1S/C15H19F3N2/c16-15(17,18)11-20-9-13-7-4-8-19(13)10-14(20)12-5-2-1-3-6-12/h1-3,5-6,13-14H,4,7-11H2. The van der Waals surface area contributed by atoms with Crippen LogP contribution < -0.4 is 0 Å². The minimum Gasteiger partial charge on any atom is -0.297 e. The first kappa shape index (κ1) is 13.9. The Kier molecular flexibility index (Phi) is 3.73. The number of halogens is 3. The van der Waals surface area contributed by atoms with Crippen LogP contribution in [0.3, 0.4) is 0 Å². The van der Waals surface area contributed by atoms with Crippen LogP contribution in [0.1, 0.15) is 24.4 Å². The molecule has 0 aromatic heterocycles. The fourth-order valence-electron chi connectivity index (χ4n) is 3.47. The average molecular weight is 284 g/mol. The predicted molar refractivity (Wildman–Crippen MR) is 71.4 cm³/mol. The van der Waals surface area contributed by atoms with E-state index in [0.29, 0.717) is 19.1 Å². The van der Waals surface area contributed by atoms with Crippen molar-refractivity contribution >= 4 is 0 Å². The number of piperazine rings is 1. The Morgan fingerprint density at radius 3 is 2.55 bits per heavy atom. The molecule has 2 nitrogen and oxygen atoms in total. The number of benzene rings is 1. The zero-order valence-corrected chi connectivity index (χ0v) is 11.3. The van der Waals surface area contributed by atoms with Crippen LogP contribution in [-0.2, 0) is 0 Å². The van der Waals surface area contributed by atoms with Crippen LogP contribution >= 0.6 is 0 Å². The van der Waals surface area contributed by atoms with Crippen molar-refractivity contribution in [1.29, 1.82) is 0 Å². The molecule has 0 N–H and O–H groups in total. The SMILES string of the molecule is FC(F)(F)CN1CC2CCCN2CC1c1ccccc1. The Balaban J connectivity index is 1.83. The zero-order valence-electron chi connectivity index (χ0n) is 11.3. The lowest BCUT2D eigenvalue weighted by Gasteiger charge is -2.44. The Morgan fingerprint density at radius 1 is 1.10 bits per heavy atom. The van der Waals surface area contributed by atoms with E-state index >= 15 is 0 Å². The lowest BCUT2D eigenvalue weighted by atomic mass is 10.00. The van der Waals surface area contributed by atoms with Gasteiger partial charge < -0.3 is 0 Å². The second kappa shape index (κ2) is 5.37. The summed E-state index contributed by atoms with van der Waals surface area (Å²) in [4.78, 5) is 3.96. The molecule has 0 amide bonds.